The van der Waals surface area contributed by atoms with E-state index in [2.05, 4.69) is 55.1 Å². The molecule has 1 saturated carbocycles. The van der Waals surface area contributed by atoms with E-state index in [9.17, 15) is 4.79 Å². The Morgan fingerprint density at radius 2 is 2.12 bits per heavy atom. The van der Waals surface area contributed by atoms with Crippen molar-refractivity contribution >= 4 is 5.91 Å². The van der Waals surface area contributed by atoms with Gasteiger partial charge in [-0.2, -0.15) is 0 Å². The maximum absolute atomic E-state index is 13.2. The second-order valence-corrected chi connectivity index (χ2v) is 8.47. The van der Waals surface area contributed by atoms with Crippen molar-refractivity contribution in [3.63, 3.8) is 0 Å². The van der Waals surface area contributed by atoms with Gasteiger partial charge in [-0.15, -0.1) is 0 Å². The van der Waals surface area contributed by atoms with Crippen LogP contribution in [0.2, 0.25) is 0 Å². The summed E-state index contributed by atoms with van der Waals surface area (Å²) in [6.45, 7) is 4.49. The van der Waals surface area contributed by atoms with Crippen LogP contribution >= 0.6 is 0 Å². The Kier molecular flexibility index (Phi) is 3.95. The largest absolute Gasteiger partial charge is 0.342 e. The summed E-state index contributed by atoms with van der Waals surface area (Å²) in [5, 5.41) is 0. The first-order valence-electron chi connectivity index (χ1n) is 9.56. The number of hydrogen-bond donors (Lipinski definition) is 0. The van der Waals surface area contributed by atoms with E-state index in [4.69, 9.17) is 0 Å². The number of aryl methyl sites for hydroxylation is 1. The van der Waals surface area contributed by atoms with Gasteiger partial charge in [0.05, 0.1) is 0 Å². The molecule has 1 aromatic rings. The summed E-state index contributed by atoms with van der Waals surface area (Å²) in [5.41, 5.74) is 3.11. The van der Waals surface area contributed by atoms with Crippen LogP contribution in [0.5, 0.6) is 0 Å². The summed E-state index contributed by atoms with van der Waals surface area (Å²) in [6.07, 6.45) is 5.78. The van der Waals surface area contributed by atoms with Crippen molar-refractivity contribution in [2.75, 3.05) is 27.2 Å². The zero-order valence-corrected chi connectivity index (χ0v) is 15.3. The van der Waals surface area contributed by atoms with E-state index in [1.807, 2.05) is 0 Å². The van der Waals surface area contributed by atoms with Crippen LogP contribution in [0, 0.1) is 11.8 Å². The second-order valence-electron chi connectivity index (χ2n) is 8.47. The predicted molar refractivity (Wildman–Crippen MR) is 97.0 cm³/mol. The number of amides is 1. The van der Waals surface area contributed by atoms with Gasteiger partial charge in [-0.3, -0.25) is 4.79 Å². The summed E-state index contributed by atoms with van der Waals surface area (Å²) in [6, 6.07) is 9.24. The van der Waals surface area contributed by atoms with Crippen LogP contribution < -0.4 is 0 Å². The van der Waals surface area contributed by atoms with E-state index < -0.39 is 0 Å². The zero-order chi connectivity index (χ0) is 16.9. The van der Waals surface area contributed by atoms with E-state index in [1.54, 1.807) is 0 Å². The number of hydrogen-bond acceptors (Lipinski definition) is 2. The molecule has 4 atom stereocenters. The second kappa shape index (κ2) is 5.87. The zero-order valence-electron chi connectivity index (χ0n) is 15.3. The van der Waals surface area contributed by atoms with E-state index in [0.29, 0.717) is 17.9 Å². The van der Waals surface area contributed by atoms with Gasteiger partial charge >= 0.3 is 0 Å². The highest BCUT2D eigenvalue weighted by molar-refractivity contribution is 5.85. The van der Waals surface area contributed by atoms with Crippen LogP contribution in [0.4, 0.5) is 0 Å². The van der Waals surface area contributed by atoms with Crippen molar-refractivity contribution in [1.29, 1.82) is 0 Å². The molecule has 130 valence electrons. The first kappa shape index (κ1) is 16.1. The molecule has 0 unspecified atom stereocenters. The smallest absolute Gasteiger partial charge is 0.226 e. The number of likely N-dealkylation sites (tertiary alicyclic amines) is 1. The van der Waals surface area contributed by atoms with Crippen LogP contribution in [-0.2, 0) is 16.6 Å². The Hall–Kier alpha value is -1.35. The summed E-state index contributed by atoms with van der Waals surface area (Å²) < 4.78 is 0. The third-order valence-electron chi connectivity index (χ3n) is 6.90. The van der Waals surface area contributed by atoms with Crippen molar-refractivity contribution in [1.82, 2.24) is 9.80 Å². The third kappa shape index (κ3) is 2.48. The van der Waals surface area contributed by atoms with Gasteiger partial charge in [0.1, 0.15) is 0 Å². The van der Waals surface area contributed by atoms with Crippen LogP contribution in [0.3, 0.4) is 0 Å². The predicted octanol–water partition coefficient (Wildman–Crippen LogP) is 3.08. The summed E-state index contributed by atoms with van der Waals surface area (Å²) >= 11 is 0. The number of rotatable bonds is 2. The highest BCUT2D eigenvalue weighted by Gasteiger charge is 2.61. The average molecular weight is 326 g/mol. The molecule has 1 heterocycles. The van der Waals surface area contributed by atoms with Gasteiger partial charge < -0.3 is 9.80 Å². The molecule has 0 aromatic heterocycles. The van der Waals surface area contributed by atoms with Crippen LogP contribution in [0.15, 0.2) is 24.3 Å². The van der Waals surface area contributed by atoms with E-state index in [-0.39, 0.29) is 11.3 Å². The Balaban J connectivity index is 1.51. The van der Waals surface area contributed by atoms with Gasteiger partial charge in [0.15, 0.2) is 0 Å². The molecule has 1 aliphatic heterocycles. The summed E-state index contributed by atoms with van der Waals surface area (Å²) in [5.74, 6) is 1.18. The monoisotopic (exact) mass is 326 g/mol. The number of carbonyl (C=O) groups is 1. The SMILES string of the molecule is C[C@@H]1CN(C)CC[C@@H]1N(C)C(=O)[C@@H]1C[C@@]12CCCc1ccccc12. The minimum absolute atomic E-state index is 0.162. The van der Waals surface area contributed by atoms with Crippen molar-refractivity contribution in [3.05, 3.63) is 35.4 Å². The molecular weight excluding hydrogens is 296 g/mol. The standard InChI is InChI=1S/C21H30N2O/c1-15-14-22(2)12-10-19(15)23(3)20(24)18-13-21(18)11-6-8-16-7-4-5-9-17(16)21/h4-5,7,9,15,18-19H,6,8,10-14H2,1-3H3/t15-,18+,19+,21-/m1/s1. The molecule has 3 aliphatic rings. The fraction of sp³-hybridized carbons (Fsp3) is 0.667. The molecule has 1 amide bonds. The van der Waals surface area contributed by atoms with Gasteiger partial charge in [-0.25, -0.2) is 0 Å². The molecule has 2 fully saturated rings. The number of fused-ring (bicyclic) bond motifs is 2. The average Bonchev–Trinajstić information content (AvgIpc) is 3.29. The van der Waals surface area contributed by atoms with Crippen molar-refractivity contribution in [2.45, 2.75) is 50.5 Å². The molecule has 0 bridgehead atoms. The lowest BCUT2D eigenvalue weighted by Crippen LogP contribution is -2.50. The minimum Gasteiger partial charge on any atom is -0.342 e. The van der Waals surface area contributed by atoms with Crippen LogP contribution in [0.25, 0.3) is 0 Å². The first-order chi connectivity index (χ1) is 11.5. The van der Waals surface area contributed by atoms with Crippen molar-refractivity contribution in [3.8, 4) is 0 Å². The maximum Gasteiger partial charge on any atom is 0.226 e. The van der Waals surface area contributed by atoms with E-state index in [1.165, 1.54) is 30.4 Å². The van der Waals surface area contributed by atoms with E-state index >= 15 is 0 Å². The molecule has 1 saturated heterocycles. The van der Waals surface area contributed by atoms with Gasteiger partial charge in [0, 0.05) is 31.0 Å². The topological polar surface area (TPSA) is 23.6 Å². The van der Waals surface area contributed by atoms with E-state index in [0.717, 1.165) is 25.9 Å². The minimum atomic E-state index is 0.162. The Morgan fingerprint density at radius 1 is 1.33 bits per heavy atom. The summed E-state index contributed by atoms with van der Waals surface area (Å²) in [4.78, 5) is 17.7. The lowest BCUT2D eigenvalue weighted by atomic mass is 9.78. The van der Waals surface area contributed by atoms with Gasteiger partial charge in [0.25, 0.3) is 0 Å². The van der Waals surface area contributed by atoms with Gasteiger partial charge in [0.2, 0.25) is 5.91 Å². The molecule has 4 rings (SSSR count). The fourth-order valence-corrected chi connectivity index (χ4v) is 5.48. The molecule has 0 radical (unpaired) electrons. The number of carbonyl (C=O) groups excluding carboxylic acids is 1. The maximum atomic E-state index is 13.2. The number of piperidine rings is 1. The molecular formula is C21H30N2O. The normalized spacial score (nSPS) is 35.5. The quantitative estimate of drug-likeness (QED) is 0.834. The number of benzene rings is 1. The molecule has 2 aliphatic carbocycles. The van der Waals surface area contributed by atoms with Gasteiger partial charge in [-0.1, -0.05) is 31.2 Å². The highest BCUT2D eigenvalue weighted by Crippen LogP contribution is 2.60. The third-order valence-corrected chi connectivity index (χ3v) is 6.90. The van der Waals surface area contributed by atoms with Crippen molar-refractivity contribution < 1.29 is 4.79 Å². The molecule has 1 aromatic carbocycles. The molecule has 0 N–H and O–H groups in total. The Morgan fingerprint density at radius 3 is 2.92 bits per heavy atom. The van der Waals surface area contributed by atoms with Crippen LogP contribution in [-0.4, -0.2) is 48.9 Å². The Labute approximate surface area is 146 Å². The Bertz CT molecular complexity index is 642. The van der Waals surface area contributed by atoms with Gasteiger partial charge in [-0.05, 0) is 62.7 Å². The lowest BCUT2D eigenvalue weighted by molar-refractivity contribution is -0.135. The molecule has 3 nitrogen and oxygen atoms in total. The fourth-order valence-electron chi connectivity index (χ4n) is 5.48. The molecule has 3 heteroatoms. The summed E-state index contributed by atoms with van der Waals surface area (Å²) in [7, 11) is 4.24. The van der Waals surface area contributed by atoms with Crippen molar-refractivity contribution in [2.24, 2.45) is 11.8 Å². The van der Waals surface area contributed by atoms with Crippen LogP contribution in [0.1, 0.15) is 43.7 Å². The number of nitrogens with zero attached hydrogens (tertiary/aromatic N) is 2. The first-order valence-corrected chi connectivity index (χ1v) is 9.56. The molecule has 1 spiro atoms. The molecule has 24 heavy (non-hydrogen) atoms. The lowest BCUT2D eigenvalue weighted by Gasteiger charge is -2.40. The highest BCUT2D eigenvalue weighted by atomic mass is 16.2.